The normalized spacial score (nSPS) is 10.3. The number of nitrogens with one attached hydrogen (secondary N) is 1. The van der Waals surface area contributed by atoms with Gasteiger partial charge >= 0.3 is 0 Å². The minimum atomic E-state index is 0.560. The Labute approximate surface area is 127 Å². The molecule has 0 saturated carbocycles. The maximum atomic E-state index is 6.10. The molecule has 2 heterocycles. The molecule has 3 nitrogen and oxygen atoms in total. The summed E-state index contributed by atoms with van der Waals surface area (Å²) in [6.45, 7) is 0.656. The van der Waals surface area contributed by atoms with Crippen LogP contribution in [0.4, 0.5) is 5.82 Å². The number of thiophene rings is 1. The third-order valence-electron chi connectivity index (χ3n) is 3.20. The lowest BCUT2D eigenvalue weighted by Crippen LogP contribution is -2.04. The Morgan fingerprint density at radius 3 is 2.86 bits per heavy atom. The van der Waals surface area contributed by atoms with Gasteiger partial charge in [-0.05, 0) is 18.0 Å². The molecule has 1 aromatic carbocycles. The number of nitrogens with zero attached hydrogens (tertiary/aromatic N) is 1. The van der Waals surface area contributed by atoms with E-state index in [2.05, 4.69) is 39.7 Å². The smallest absolute Gasteiger partial charge is 0.132 e. The number of fused-ring (bicyclic) bond motifs is 1. The molecule has 2 aromatic heterocycles. The fourth-order valence-corrected chi connectivity index (χ4v) is 3.27. The predicted molar refractivity (Wildman–Crippen MR) is 90.3 cm³/mol. The third kappa shape index (κ3) is 2.62. The first-order chi connectivity index (χ1) is 10.3. The van der Waals surface area contributed by atoms with Crippen LogP contribution in [-0.4, -0.2) is 18.6 Å². The van der Waals surface area contributed by atoms with E-state index in [1.807, 2.05) is 25.2 Å². The van der Waals surface area contributed by atoms with Crippen molar-refractivity contribution in [3.8, 4) is 23.0 Å². The lowest BCUT2D eigenvalue weighted by atomic mass is 10.0. The average Bonchev–Trinajstić information content (AvgIpc) is 2.97. The summed E-state index contributed by atoms with van der Waals surface area (Å²) in [4.78, 5) is 4.31. The minimum Gasteiger partial charge on any atom is -0.383 e. The third-order valence-corrected chi connectivity index (χ3v) is 4.21. The van der Waals surface area contributed by atoms with Gasteiger partial charge in [-0.15, -0.1) is 11.3 Å². The molecule has 3 N–H and O–H groups in total. The van der Waals surface area contributed by atoms with Crippen LogP contribution in [0.3, 0.4) is 0 Å². The van der Waals surface area contributed by atoms with Gasteiger partial charge in [-0.2, -0.15) is 0 Å². The van der Waals surface area contributed by atoms with E-state index in [9.17, 15) is 0 Å². The van der Waals surface area contributed by atoms with Crippen LogP contribution < -0.4 is 11.1 Å². The highest BCUT2D eigenvalue weighted by atomic mass is 32.1. The molecular weight excluding hydrogens is 278 g/mol. The molecule has 0 aliphatic rings. The second-order valence-electron chi connectivity index (χ2n) is 4.61. The number of nitrogen functional groups attached to an aromatic ring is 1. The van der Waals surface area contributed by atoms with Gasteiger partial charge in [0, 0.05) is 17.1 Å². The molecule has 0 aliphatic heterocycles. The molecule has 0 spiro atoms. The van der Waals surface area contributed by atoms with E-state index in [0.29, 0.717) is 12.4 Å². The van der Waals surface area contributed by atoms with Crippen molar-refractivity contribution in [3.63, 3.8) is 0 Å². The lowest BCUT2D eigenvalue weighted by Gasteiger charge is -2.03. The van der Waals surface area contributed by atoms with Crippen molar-refractivity contribution in [1.82, 2.24) is 10.3 Å². The fraction of sp³-hybridized carbons (Fsp3) is 0.118. The van der Waals surface area contributed by atoms with Crippen molar-refractivity contribution >= 4 is 27.2 Å². The largest absolute Gasteiger partial charge is 0.383 e. The van der Waals surface area contributed by atoms with Crippen molar-refractivity contribution in [2.75, 3.05) is 19.3 Å². The monoisotopic (exact) mass is 293 g/mol. The zero-order chi connectivity index (χ0) is 14.7. The van der Waals surface area contributed by atoms with Gasteiger partial charge in [0.2, 0.25) is 0 Å². The Balaban J connectivity index is 2.18. The second-order valence-corrected chi connectivity index (χ2v) is 5.49. The fourth-order valence-electron chi connectivity index (χ4n) is 2.21. The standard InChI is InChI=1S/C17H15N3S/c1-19-9-5-8-13-10-20-17(18)15-14(11-21-16(13)15)12-6-3-2-4-7-12/h2-4,6-7,10-11,19H,9H2,1H3,(H2,18,20). The molecular formula is C17H15N3S. The molecule has 0 fully saturated rings. The van der Waals surface area contributed by atoms with Crippen LogP contribution in [-0.2, 0) is 0 Å². The molecule has 0 unspecified atom stereocenters. The summed E-state index contributed by atoms with van der Waals surface area (Å²) >= 11 is 1.66. The Morgan fingerprint density at radius 1 is 1.29 bits per heavy atom. The molecule has 4 heteroatoms. The molecule has 21 heavy (non-hydrogen) atoms. The Hall–Kier alpha value is -2.35. The molecule has 0 radical (unpaired) electrons. The van der Waals surface area contributed by atoms with Crippen LogP contribution in [0.15, 0.2) is 41.9 Å². The van der Waals surface area contributed by atoms with Crippen LogP contribution in [0.5, 0.6) is 0 Å². The summed E-state index contributed by atoms with van der Waals surface area (Å²) in [6, 6.07) is 10.2. The van der Waals surface area contributed by atoms with E-state index in [-0.39, 0.29) is 0 Å². The molecule has 0 atom stereocenters. The van der Waals surface area contributed by atoms with Crippen LogP contribution in [0.25, 0.3) is 21.2 Å². The van der Waals surface area contributed by atoms with Gasteiger partial charge in [-0.3, -0.25) is 0 Å². The predicted octanol–water partition coefficient (Wildman–Crippen LogP) is 3.12. The van der Waals surface area contributed by atoms with E-state index in [4.69, 9.17) is 5.73 Å². The number of nitrogens with two attached hydrogens (primary N) is 1. The molecule has 0 amide bonds. The van der Waals surface area contributed by atoms with Gasteiger partial charge in [-0.25, -0.2) is 4.98 Å². The first kappa shape index (κ1) is 13.6. The SMILES string of the molecule is CNCC#Cc1cnc(N)c2c(-c3ccccc3)csc12. The summed E-state index contributed by atoms with van der Waals surface area (Å²) in [5.41, 5.74) is 9.30. The minimum absolute atomic E-state index is 0.560. The number of benzene rings is 1. The molecule has 0 aliphatic carbocycles. The average molecular weight is 293 g/mol. The second kappa shape index (κ2) is 5.96. The first-order valence-electron chi connectivity index (χ1n) is 6.66. The Morgan fingerprint density at radius 2 is 2.10 bits per heavy atom. The van der Waals surface area contributed by atoms with E-state index in [0.717, 1.165) is 26.8 Å². The van der Waals surface area contributed by atoms with Crippen LogP contribution in [0, 0.1) is 11.8 Å². The number of pyridine rings is 1. The van der Waals surface area contributed by atoms with E-state index in [1.54, 1.807) is 17.5 Å². The first-order valence-corrected chi connectivity index (χ1v) is 7.54. The number of rotatable bonds is 2. The van der Waals surface area contributed by atoms with Crippen LogP contribution >= 0.6 is 11.3 Å². The van der Waals surface area contributed by atoms with Gasteiger partial charge in [-0.1, -0.05) is 42.2 Å². The highest BCUT2D eigenvalue weighted by Crippen LogP contribution is 2.38. The van der Waals surface area contributed by atoms with Gasteiger partial charge < -0.3 is 11.1 Å². The molecule has 3 rings (SSSR count). The number of aromatic nitrogens is 1. The Bertz CT molecular complexity index is 826. The van der Waals surface area contributed by atoms with Crippen molar-refractivity contribution in [2.45, 2.75) is 0 Å². The van der Waals surface area contributed by atoms with Gasteiger partial charge in [0.15, 0.2) is 0 Å². The summed E-state index contributed by atoms with van der Waals surface area (Å²) in [5, 5.41) is 6.14. The van der Waals surface area contributed by atoms with Crippen LogP contribution in [0.1, 0.15) is 5.56 Å². The molecule has 0 bridgehead atoms. The molecule has 3 aromatic rings. The number of hydrogen-bond donors (Lipinski definition) is 2. The number of anilines is 1. The van der Waals surface area contributed by atoms with Gasteiger partial charge in [0.1, 0.15) is 5.82 Å². The summed E-state index contributed by atoms with van der Waals surface area (Å²) < 4.78 is 1.10. The molecule has 104 valence electrons. The van der Waals surface area contributed by atoms with Crippen molar-refractivity contribution in [3.05, 3.63) is 47.5 Å². The summed E-state index contributed by atoms with van der Waals surface area (Å²) in [6.07, 6.45) is 1.76. The highest BCUT2D eigenvalue weighted by Gasteiger charge is 2.12. The highest BCUT2D eigenvalue weighted by molar-refractivity contribution is 7.18. The maximum Gasteiger partial charge on any atom is 0.132 e. The quantitative estimate of drug-likeness (QED) is 0.714. The molecule has 0 saturated heterocycles. The van der Waals surface area contributed by atoms with E-state index >= 15 is 0 Å². The van der Waals surface area contributed by atoms with E-state index in [1.165, 1.54) is 0 Å². The summed E-state index contributed by atoms with van der Waals surface area (Å²) in [5.74, 6) is 6.80. The number of hydrogen-bond acceptors (Lipinski definition) is 4. The Kier molecular flexibility index (Phi) is 3.87. The lowest BCUT2D eigenvalue weighted by molar-refractivity contribution is 0.938. The van der Waals surface area contributed by atoms with Crippen molar-refractivity contribution in [2.24, 2.45) is 0 Å². The van der Waals surface area contributed by atoms with Crippen molar-refractivity contribution in [1.29, 1.82) is 0 Å². The van der Waals surface area contributed by atoms with Gasteiger partial charge in [0.05, 0.1) is 16.8 Å². The van der Waals surface area contributed by atoms with Crippen molar-refractivity contribution < 1.29 is 0 Å². The zero-order valence-electron chi connectivity index (χ0n) is 11.7. The van der Waals surface area contributed by atoms with Crippen LogP contribution in [0.2, 0.25) is 0 Å². The summed E-state index contributed by atoms with van der Waals surface area (Å²) in [7, 11) is 1.88. The zero-order valence-corrected chi connectivity index (χ0v) is 12.5. The van der Waals surface area contributed by atoms with Gasteiger partial charge in [0.25, 0.3) is 0 Å². The van der Waals surface area contributed by atoms with E-state index < -0.39 is 0 Å². The topological polar surface area (TPSA) is 50.9 Å². The maximum absolute atomic E-state index is 6.10.